The van der Waals surface area contributed by atoms with E-state index in [2.05, 4.69) is 4.74 Å². The normalized spacial score (nSPS) is 14.5. The minimum atomic E-state index is -0.645. The van der Waals surface area contributed by atoms with Crippen LogP contribution in [0.25, 0.3) is 0 Å². The second-order valence-corrected chi connectivity index (χ2v) is 4.45. The van der Waals surface area contributed by atoms with Crippen LogP contribution in [0, 0.1) is 10.1 Å². The summed E-state index contributed by atoms with van der Waals surface area (Å²) < 4.78 is 4.61. The molecule has 0 saturated heterocycles. The standard InChI is InChI=1S/C13H15NO4/c1-18-13(15)11-7-9-5-3-2-4-6-10(9)8-12(11)14(16)17/h7-8H,2-6H2,1H3. The minimum absolute atomic E-state index is 0.0585. The first-order valence-corrected chi connectivity index (χ1v) is 6.02. The number of nitro benzene ring substituents is 1. The van der Waals surface area contributed by atoms with Crippen molar-refractivity contribution in [2.75, 3.05) is 7.11 Å². The maximum atomic E-state index is 11.6. The van der Waals surface area contributed by atoms with E-state index in [1.165, 1.54) is 13.2 Å². The van der Waals surface area contributed by atoms with Gasteiger partial charge in [-0.1, -0.05) is 6.42 Å². The number of hydrogen-bond donors (Lipinski definition) is 0. The number of methoxy groups -OCH3 is 1. The molecule has 1 aromatic carbocycles. The smallest absolute Gasteiger partial charge is 0.344 e. The predicted octanol–water partition coefficient (Wildman–Crippen LogP) is 2.65. The molecule has 96 valence electrons. The molecule has 0 saturated carbocycles. The van der Waals surface area contributed by atoms with Gasteiger partial charge in [-0.25, -0.2) is 4.79 Å². The number of nitro groups is 1. The molecule has 18 heavy (non-hydrogen) atoms. The zero-order chi connectivity index (χ0) is 13.1. The molecule has 0 radical (unpaired) electrons. The maximum Gasteiger partial charge on any atom is 0.344 e. The highest BCUT2D eigenvalue weighted by molar-refractivity contribution is 5.94. The van der Waals surface area contributed by atoms with Crippen molar-refractivity contribution in [2.24, 2.45) is 0 Å². The van der Waals surface area contributed by atoms with Crippen molar-refractivity contribution in [2.45, 2.75) is 32.1 Å². The molecule has 5 nitrogen and oxygen atoms in total. The molecule has 0 heterocycles. The average molecular weight is 249 g/mol. The number of aryl methyl sites for hydroxylation is 2. The predicted molar refractivity (Wildman–Crippen MR) is 65.7 cm³/mol. The van der Waals surface area contributed by atoms with Crippen LogP contribution in [-0.2, 0) is 17.6 Å². The third-order valence-electron chi connectivity index (χ3n) is 3.31. The molecule has 1 aliphatic carbocycles. The number of nitrogens with zero attached hydrogens (tertiary/aromatic N) is 1. The lowest BCUT2D eigenvalue weighted by atomic mass is 9.98. The van der Waals surface area contributed by atoms with Crippen LogP contribution in [0.3, 0.4) is 0 Å². The molecule has 0 bridgehead atoms. The number of rotatable bonds is 2. The summed E-state index contributed by atoms with van der Waals surface area (Å²) in [5.41, 5.74) is 1.94. The van der Waals surface area contributed by atoms with Crippen LogP contribution >= 0.6 is 0 Å². The van der Waals surface area contributed by atoms with E-state index in [1.54, 1.807) is 6.07 Å². The summed E-state index contributed by atoms with van der Waals surface area (Å²) >= 11 is 0. The largest absolute Gasteiger partial charge is 0.465 e. The van der Waals surface area contributed by atoms with Gasteiger partial charge in [-0.15, -0.1) is 0 Å². The lowest BCUT2D eigenvalue weighted by Crippen LogP contribution is -2.08. The Labute approximate surface area is 105 Å². The Kier molecular flexibility index (Phi) is 3.60. The Bertz CT molecular complexity index is 496. The number of benzene rings is 1. The number of ether oxygens (including phenoxy) is 1. The Balaban J connectivity index is 2.54. The van der Waals surface area contributed by atoms with E-state index in [4.69, 9.17) is 0 Å². The van der Waals surface area contributed by atoms with E-state index in [0.717, 1.165) is 43.2 Å². The van der Waals surface area contributed by atoms with Gasteiger partial charge in [0.25, 0.3) is 5.69 Å². The van der Waals surface area contributed by atoms with Gasteiger partial charge < -0.3 is 4.74 Å². The molecule has 0 atom stereocenters. The lowest BCUT2D eigenvalue weighted by Gasteiger charge is -2.08. The zero-order valence-corrected chi connectivity index (χ0v) is 10.3. The van der Waals surface area contributed by atoms with E-state index in [0.29, 0.717) is 0 Å². The molecule has 0 aliphatic heterocycles. The van der Waals surface area contributed by atoms with Crippen molar-refractivity contribution in [1.82, 2.24) is 0 Å². The van der Waals surface area contributed by atoms with Gasteiger partial charge in [0.2, 0.25) is 0 Å². The summed E-state index contributed by atoms with van der Waals surface area (Å²) in [6, 6.07) is 3.16. The molecule has 1 aliphatic rings. The molecule has 1 aromatic rings. The third kappa shape index (κ3) is 2.34. The summed E-state index contributed by atoms with van der Waals surface area (Å²) in [4.78, 5) is 22.1. The minimum Gasteiger partial charge on any atom is -0.465 e. The number of carbonyl (C=O) groups excluding carboxylic acids is 1. The molecule has 0 aromatic heterocycles. The average Bonchev–Trinajstić information content (AvgIpc) is 2.60. The molecule has 5 heteroatoms. The SMILES string of the molecule is COC(=O)c1cc2c(cc1[N+](=O)[O-])CCCCC2. The highest BCUT2D eigenvalue weighted by Gasteiger charge is 2.24. The summed E-state index contributed by atoms with van der Waals surface area (Å²) in [6.45, 7) is 0. The van der Waals surface area contributed by atoms with E-state index in [9.17, 15) is 14.9 Å². The van der Waals surface area contributed by atoms with Crippen LogP contribution in [0.5, 0.6) is 0 Å². The topological polar surface area (TPSA) is 69.4 Å². The van der Waals surface area contributed by atoms with Gasteiger partial charge >= 0.3 is 5.97 Å². The number of esters is 1. The highest BCUT2D eigenvalue weighted by atomic mass is 16.6. The summed E-state index contributed by atoms with van der Waals surface area (Å²) in [5, 5.41) is 11.0. The lowest BCUT2D eigenvalue weighted by molar-refractivity contribution is -0.385. The first-order valence-electron chi connectivity index (χ1n) is 6.02. The van der Waals surface area contributed by atoms with Crippen molar-refractivity contribution in [3.63, 3.8) is 0 Å². The molecular weight excluding hydrogens is 234 g/mol. The van der Waals surface area contributed by atoms with E-state index >= 15 is 0 Å². The summed E-state index contributed by atoms with van der Waals surface area (Å²) in [6.07, 6.45) is 4.94. The third-order valence-corrected chi connectivity index (χ3v) is 3.31. The van der Waals surface area contributed by atoms with E-state index < -0.39 is 10.9 Å². The molecule has 0 unspecified atom stereocenters. The Morgan fingerprint density at radius 2 is 1.83 bits per heavy atom. The van der Waals surface area contributed by atoms with Crippen LogP contribution in [0.4, 0.5) is 5.69 Å². The van der Waals surface area contributed by atoms with E-state index in [1.807, 2.05) is 0 Å². The second-order valence-electron chi connectivity index (χ2n) is 4.45. The van der Waals surface area contributed by atoms with Gasteiger partial charge in [0, 0.05) is 6.07 Å². The van der Waals surface area contributed by atoms with Crippen molar-refractivity contribution >= 4 is 11.7 Å². The number of fused-ring (bicyclic) bond motifs is 1. The highest BCUT2D eigenvalue weighted by Crippen LogP contribution is 2.28. The van der Waals surface area contributed by atoms with Gasteiger partial charge in [0.15, 0.2) is 0 Å². The van der Waals surface area contributed by atoms with Gasteiger partial charge in [0.05, 0.1) is 12.0 Å². The summed E-state index contributed by atoms with van der Waals surface area (Å²) in [5.74, 6) is -0.645. The fourth-order valence-electron chi connectivity index (χ4n) is 2.37. The number of carbonyl (C=O) groups is 1. The van der Waals surface area contributed by atoms with Crippen LogP contribution in [0.2, 0.25) is 0 Å². The van der Waals surface area contributed by atoms with Crippen molar-refractivity contribution in [3.05, 3.63) is 38.9 Å². The summed E-state index contributed by atoms with van der Waals surface area (Å²) in [7, 11) is 1.23. The van der Waals surface area contributed by atoms with Crippen LogP contribution in [-0.4, -0.2) is 18.0 Å². The molecule has 0 N–H and O–H groups in total. The Morgan fingerprint density at radius 1 is 1.22 bits per heavy atom. The monoisotopic (exact) mass is 249 g/mol. The molecule has 0 fully saturated rings. The van der Waals surface area contributed by atoms with Gasteiger partial charge in [-0.3, -0.25) is 10.1 Å². The fraction of sp³-hybridized carbons (Fsp3) is 0.462. The quantitative estimate of drug-likeness (QED) is 0.349. The van der Waals surface area contributed by atoms with Crippen molar-refractivity contribution < 1.29 is 14.5 Å². The van der Waals surface area contributed by atoms with Crippen molar-refractivity contribution in [1.29, 1.82) is 0 Å². The fourth-order valence-corrected chi connectivity index (χ4v) is 2.37. The Hall–Kier alpha value is -1.91. The molecule has 2 rings (SSSR count). The first-order chi connectivity index (χ1) is 8.63. The zero-order valence-electron chi connectivity index (χ0n) is 10.3. The molecule has 0 spiro atoms. The molecular formula is C13H15NO4. The van der Waals surface area contributed by atoms with Crippen LogP contribution in [0.1, 0.15) is 40.7 Å². The van der Waals surface area contributed by atoms with Crippen LogP contribution in [0.15, 0.2) is 12.1 Å². The first kappa shape index (κ1) is 12.5. The van der Waals surface area contributed by atoms with Crippen molar-refractivity contribution in [3.8, 4) is 0 Å². The maximum absolute atomic E-state index is 11.6. The molecule has 0 amide bonds. The van der Waals surface area contributed by atoms with E-state index in [-0.39, 0.29) is 11.3 Å². The Morgan fingerprint density at radius 3 is 2.39 bits per heavy atom. The van der Waals surface area contributed by atoms with Gasteiger partial charge in [-0.05, 0) is 42.9 Å². The second kappa shape index (κ2) is 5.16. The van der Waals surface area contributed by atoms with Gasteiger partial charge in [-0.2, -0.15) is 0 Å². The number of hydrogen-bond acceptors (Lipinski definition) is 4. The van der Waals surface area contributed by atoms with Crippen LogP contribution < -0.4 is 0 Å². The van der Waals surface area contributed by atoms with Gasteiger partial charge in [0.1, 0.15) is 5.56 Å².